The zero-order valence-corrected chi connectivity index (χ0v) is 10.6. The largest absolute Gasteiger partial charge is 0.439 e. The zero-order valence-electron chi connectivity index (χ0n) is 9.88. The lowest BCUT2D eigenvalue weighted by Gasteiger charge is -2.06. The van der Waals surface area contributed by atoms with Crippen molar-refractivity contribution in [3.63, 3.8) is 0 Å². The minimum Gasteiger partial charge on any atom is -0.439 e. The molecule has 2 N–H and O–H groups in total. The number of ether oxygens (including phenoxy) is 1. The van der Waals surface area contributed by atoms with E-state index in [2.05, 4.69) is 9.97 Å². The van der Waals surface area contributed by atoms with Crippen LogP contribution in [0.4, 0.5) is 5.82 Å². The van der Waals surface area contributed by atoms with Gasteiger partial charge in [0.25, 0.3) is 0 Å². The van der Waals surface area contributed by atoms with Crippen LogP contribution in [0.15, 0.2) is 48.5 Å². The van der Waals surface area contributed by atoms with Gasteiger partial charge in [-0.2, -0.15) is 4.98 Å². The number of nitrogens with two attached hydrogens (primary N) is 1. The Morgan fingerprint density at radius 2 is 1.84 bits per heavy atom. The Morgan fingerprint density at radius 3 is 2.68 bits per heavy atom. The Labute approximate surface area is 114 Å². The average molecular weight is 272 g/mol. The van der Waals surface area contributed by atoms with E-state index in [1.807, 2.05) is 24.3 Å². The molecule has 4 nitrogen and oxygen atoms in total. The molecule has 0 aliphatic carbocycles. The summed E-state index contributed by atoms with van der Waals surface area (Å²) in [6.07, 6.45) is 0. The normalized spacial score (nSPS) is 10.6. The third-order valence-corrected chi connectivity index (χ3v) is 2.80. The molecule has 3 rings (SSSR count). The van der Waals surface area contributed by atoms with Crippen molar-refractivity contribution >= 4 is 28.5 Å². The van der Waals surface area contributed by atoms with Gasteiger partial charge in [-0.15, -0.1) is 0 Å². The molecule has 0 aliphatic heterocycles. The highest BCUT2D eigenvalue weighted by Crippen LogP contribution is 2.24. The monoisotopic (exact) mass is 271 g/mol. The lowest BCUT2D eigenvalue weighted by atomic mass is 10.3. The van der Waals surface area contributed by atoms with Gasteiger partial charge in [-0.25, -0.2) is 4.98 Å². The minimum absolute atomic E-state index is 0.430. The lowest BCUT2D eigenvalue weighted by molar-refractivity contribution is 0.465. The summed E-state index contributed by atoms with van der Waals surface area (Å²) in [6, 6.07) is 14.4. The molecule has 0 saturated carbocycles. The highest BCUT2D eigenvalue weighted by atomic mass is 35.5. The van der Waals surface area contributed by atoms with E-state index in [9.17, 15) is 0 Å². The second kappa shape index (κ2) is 4.74. The first-order chi connectivity index (χ1) is 9.20. The number of anilines is 1. The summed E-state index contributed by atoms with van der Waals surface area (Å²) in [5.41, 5.74) is 6.19. The maximum absolute atomic E-state index is 5.90. The summed E-state index contributed by atoms with van der Waals surface area (Å²) < 4.78 is 5.63. The van der Waals surface area contributed by atoms with E-state index >= 15 is 0 Å². The summed E-state index contributed by atoms with van der Waals surface area (Å²) in [4.78, 5) is 8.46. The molecule has 5 heteroatoms. The Bertz CT molecular complexity index is 746. The third-order valence-electron chi connectivity index (χ3n) is 2.57. The van der Waals surface area contributed by atoms with Crippen LogP contribution in [0.5, 0.6) is 11.6 Å². The fourth-order valence-electron chi connectivity index (χ4n) is 1.70. The van der Waals surface area contributed by atoms with Gasteiger partial charge in [-0.05, 0) is 36.4 Å². The maximum Gasteiger partial charge on any atom is 0.221 e. The molecule has 0 aliphatic rings. The van der Waals surface area contributed by atoms with Crippen LogP contribution in [0.3, 0.4) is 0 Å². The first-order valence-corrected chi connectivity index (χ1v) is 6.05. The molecule has 0 saturated heterocycles. The van der Waals surface area contributed by atoms with Crippen molar-refractivity contribution in [2.75, 3.05) is 5.73 Å². The SMILES string of the molecule is Nc1ccc2ccc(Oc3cccc(Cl)c3)nc2n1. The van der Waals surface area contributed by atoms with Crippen molar-refractivity contribution in [3.05, 3.63) is 53.6 Å². The molecule has 0 fully saturated rings. The molecule has 19 heavy (non-hydrogen) atoms. The number of rotatable bonds is 2. The van der Waals surface area contributed by atoms with Gasteiger partial charge in [0.15, 0.2) is 5.65 Å². The van der Waals surface area contributed by atoms with Crippen LogP contribution in [0.1, 0.15) is 0 Å². The highest BCUT2D eigenvalue weighted by Gasteiger charge is 2.03. The van der Waals surface area contributed by atoms with Crippen LogP contribution in [-0.2, 0) is 0 Å². The molecule has 2 heterocycles. The van der Waals surface area contributed by atoms with E-state index in [1.165, 1.54) is 0 Å². The van der Waals surface area contributed by atoms with Crippen LogP contribution >= 0.6 is 11.6 Å². The Morgan fingerprint density at radius 1 is 1.00 bits per heavy atom. The molecule has 1 aromatic carbocycles. The smallest absolute Gasteiger partial charge is 0.221 e. The van der Waals surface area contributed by atoms with E-state index in [1.54, 1.807) is 24.3 Å². The van der Waals surface area contributed by atoms with Crippen LogP contribution in [-0.4, -0.2) is 9.97 Å². The van der Waals surface area contributed by atoms with Crippen molar-refractivity contribution in [2.45, 2.75) is 0 Å². The van der Waals surface area contributed by atoms with Gasteiger partial charge >= 0.3 is 0 Å². The number of fused-ring (bicyclic) bond motifs is 1. The summed E-state index contributed by atoms with van der Waals surface area (Å²) in [5, 5.41) is 1.52. The van der Waals surface area contributed by atoms with Crippen molar-refractivity contribution in [3.8, 4) is 11.6 Å². The number of hydrogen-bond donors (Lipinski definition) is 1. The van der Waals surface area contributed by atoms with Gasteiger partial charge in [0.1, 0.15) is 11.6 Å². The van der Waals surface area contributed by atoms with Gasteiger partial charge in [0.2, 0.25) is 5.88 Å². The van der Waals surface area contributed by atoms with Crippen molar-refractivity contribution < 1.29 is 4.74 Å². The standard InChI is InChI=1S/C14H10ClN3O/c15-10-2-1-3-11(8-10)19-13-7-5-9-4-6-12(16)17-14(9)18-13/h1-8H,(H2,16,17,18). The number of pyridine rings is 2. The Balaban J connectivity index is 1.97. The van der Waals surface area contributed by atoms with Gasteiger partial charge in [-0.3, -0.25) is 0 Å². The predicted molar refractivity (Wildman–Crippen MR) is 75.5 cm³/mol. The molecule has 0 unspecified atom stereocenters. The van der Waals surface area contributed by atoms with Gasteiger partial charge in [-0.1, -0.05) is 17.7 Å². The molecule has 0 spiro atoms. The first kappa shape index (κ1) is 11.7. The van der Waals surface area contributed by atoms with Crippen LogP contribution in [0.25, 0.3) is 11.0 Å². The highest BCUT2D eigenvalue weighted by molar-refractivity contribution is 6.30. The first-order valence-electron chi connectivity index (χ1n) is 5.67. The molecule has 0 atom stereocenters. The Kier molecular flexibility index (Phi) is 2.93. The van der Waals surface area contributed by atoms with E-state index in [0.717, 1.165) is 5.39 Å². The maximum atomic E-state index is 5.90. The molecular formula is C14H10ClN3O. The van der Waals surface area contributed by atoms with Crippen molar-refractivity contribution in [1.29, 1.82) is 0 Å². The third kappa shape index (κ3) is 2.58. The average Bonchev–Trinajstić information content (AvgIpc) is 2.38. The lowest BCUT2D eigenvalue weighted by Crippen LogP contribution is -1.93. The van der Waals surface area contributed by atoms with Crippen LogP contribution in [0, 0.1) is 0 Å². The number of aromatic nitrogens is 2. The van der Waals surface area contributed by atoms with E-state index < -0.39 is 0 Å². The van der Waals surface area contributed by atoms with Crippen LogP contribution < -0.4 is 10.5 Å². The summed E-state index contributed by atoms with van der Waals surface area (Å²) in [6.45, 7) is 0. The van der Waals surface area contributed by atoms with Gasteiger partial charge in [0, 0.05) is 16.5 Å². The second-order valence-corrected chi connectivity index (χ2v) is 4.43. The molecule has 0 radical (unpaired) electrons. The minimum atomic E-state index is 0.430. The van der Waals surface area contributed by atoms with E-state index in [0.29, 0.717) is 28.1 Å². The second-order valence-electron chi connectivity index (χ2n) is 3.99. The Hall–Kier alpha value is -2.33. The molecule has 94 valence electrons. The van der Waals surface area contributed by atoms with Crippen molar-refractivity contribution in [1.82, 2.24) is 9.97 Å². The number of nitrogens with zero attached hydrogens (tertiary/aromatic N) is 2. The number of hydrogen-bond acceptors (Lipinski definition) is 4. The van der Waals surface area contributed by atoms with E-state index in [-0.39, 0.29) is 0 Å². The predicted octanol–water partition coefficient (Wildman–Crippen LogP) is 3.66. The van der Waals surface area contributed by atoms with Crippen LogP contribution in [0.2, 0.25) is 5.02 Å². The summed E-state index contributed by atoms with van der Waals surface area (Å²) >= 11 is 5.90. The fraction of sp³-hybridized carbons (Fsp3) is 0. The summed E-state index contributed by atoms with van der Waals surface area (Å²) in [7, 11) is 0. The number of halogens is 1. The molecule has 2 aromatic heterocycles. The van der Waals surface area contributed by atoms with Crippen molar-refractivity contribution in [2.24, 2.45) is 0 Å². The van der Waals surface area contributed by atoms with Gasteiger partial charge < -0.3 is 10.5 Å². The van der Waals surface area contributed by atoms with Gasteiger partial charge in [0.05, 0.1) is 0 Å². The molecule has 0 bridgehead atoms. The molecular weight excluding hydrogens is 262 g/mol. The number of nitrogen functional groups attached to an aromatic ring is 1. The topological polar surface area (TPSA) is 61.0 Å². The van der Waals surface area contributed by atoms with E-state index in [4.69, 9.17) is 22.1 Å². The zero-order chi connectivity index (χ0) is 13.2. The quantitative estimate of drug-likeness (QED) is 0.773. The molecule has 0 amide bonds. The molecule has 3 aromatic rings. The fourth-order valence-corrected chi connectivity index (χ4v) is 1.88. The summed E-state index contributed by atoms with van der Waals surface area (Å²) in [5.74, 6) is 1.51. The number of benzene rings is 1.